The van der Waals surface area contributed by atoms with Crippen LogP contribution in [-0.2, 0) is 4.79 Å². The lowest BCUT2D eigenvalue weighted by Crippen LogP contribution is -2.24. The molecule has 3 nitrogen and oxygen atoms in total. The van der Waals surface area contributed by atoms with E-state index in [9.17, 15) is 9.59 Å². The second kappa shape index (κ2) is 7.22. The molecule has 1 saturated carbocycles. The molecule has 0 unspecified atom stereocenters. The number of anilines is 1. The smallest absolute Gasteiger partial charge is 0.227 e. The summed E-state index contributed by atoms with van der Waals surface area (Å²) in [6, 6.07) is 7.23. The summed E-state index contributed by atoms with van der Waals surface area (Å²) in [4.78, 5) is 24.0. The molecule has 0 aromatic heterocycles. The Morgan fingerprint density at radius 1 is 1.00 bits per heavy atom. The lowest BCUT2D eigenvalue weighted by Gasteiger charge is -2.19. The average molecular weight is 273 g/mol. The van der Waals surface area contributed by atoms with E-state index in [0.717, 1.165) is 25.7 Å². The Morgan fingerprint density at radius 2 is 1.60 bits per heavy atom. The fraction of sp³-hybridized carbons (Fsp3) is 0.529. The third-order valence-corrected chi connectivity index (χ3v) is 4.04. The molecule has 3 heteroatoms. The van der Waals surface area contributed by atoms with Gasteiger partial charge in [-0.05, 0) is 31.9 Å². The minimum absolute atomic E-state index is 0.0152. The van der Waals surface area contributed by atoms with Gasteiger partial charge in [0, 0.05) is 11.5 Å². The van der Waals surface area contributed by atoms with Gasteiger partial charge in [0.15, 0.2) is 5.78 Å². The summed E-state index contributed by atoms with van der Waals surface area (Å²) < 4.78 is 0. The molecule has 0 atom stereocenters. The molecule has 1 aliphatic rings. The summed E-state index contributed by atoms with van der Waals surface area (Å²) in [7, 11) is 0. The first-order chi connectivity index (χ1) is 9.68. The van der Waals surface area contributed by atoms with Gasteiger partial charge in [0.05, 0.1) is 5.69 Å². The zero-order valence-corrected chi connectivity index (χ0v) is 12.2. The van der Waals surface area contributed by atoms with Crippen molar-refractivity contribution in [2.75, 3.05) is 5.32 Å². The molecule has 1 aromatic rings. The fourth-order valence-electron chi connectivity index (χ4n) is 2.85. The summed E-state index contributed by atoms with van der Waals surface area (Å²) in [5, 5.41) is 2.95. The van der Waals surface area contributed by atoms with Crippen molar-refractivity contribution in [2.24, 2.45) is 5.92 Å². The van der Waals surface area contributed by atoms with E-state index in [0.29, 0.717) is 11.3 Å². The summed E-state index contributed by atoms with van der Waals surface area (Å²) >= 11 is 0. The van der Waals surface area contributed by atoms with E-state index in [2.05, 4.69) is 5.32 Å². The summed E-state index contributed by atoms with van der Waals surface area (Å²) in [5.41, 5.74) is 1.23. The van der Waals surface area contributed by atoms with Crippen molar-refractivity contribution in [2.45, 2.75) is 51.9 Å². The number of rotatable bonds is 3. The van der Waals surface area contributed by atoms with Gasteiger partial charge >= 0.3 is 0 Å². The summed E-state index contributed by atoms with van der Waals surface area (Å²) in [5.74, 6) is 0.148. The van der Waals surface area contributed by atoms with E-state index in [1.165, 1.54) is 26.2 Å². The molecule has 1 fully saturated rings. The van der Waals surface area contributed by atoms with Crippen molar-refractivity contribution in [3.63, 3.8) is 0 Å². The fourth-order valence-corrected chi connectivity index (χ4v) is 2.85. The van der Waals surface area contributed by atoms with E-state index >= 15 is 0 Å². The minimum Gasteiger partial charge on any atom is -0.325 e. The van der Waals surface area contributed by atoms with E-state index in [-0.39, 0.29) is 17.6 Å². The van der Waals surface area contributed by atoms with Crippen molar-refractivity contribution < 1.29 is 9.59 Å². The summed E-state index contributed by atoms with van der Waals surface area (Å²) in [6.45, 7) is 1.53. The van der Waals surface area contributed by atoms with Crippen molar-refractivity contribution in [3.05, 3.63) is 29.8 Å². The highest BCUT2D eigenvalue weighted by Gasteiger charge is 2.20. The summed E-state index contributed by atoms with van der Waals surface area (Å²) in [6.07, 6.45) is 7.95. The number of carbonyl (C=O) groups excluding carboxylic acids is 2. The minimum atomic E-state index is -0.0152. The van der Waals surface area contributed by atoms with Gasteiger partial charge in [-0.25, -0.2) is 0 Å². The van der Waals surface area contributed by atoms with Crippen LogP contribution in [0.2, 0.25) is 0 Å². The highest BCUT2D eigenvalue weighted by atomic mass is 16.2. The predicted octanol–water partition coefficient (Wildman–Crippen LogP) is 4.19. The predicted molar refractivity (Wildman–Crippen MR) is 80.9 cm³/mol. The first kappa shape index (κ1) is 14.8. The first-order valence-electron chi connectivity index (χ1n) is 7.59. The van der Waals surface area contributed by atoms with Crippen LogP contribution in [-0.4, -0.2) is 11.7 Å². The molecule has 0 heterocycles. The van der Waals surface area contributed by atoms with Crippen LogP contribution < -0.4 is 5.32 Å². The van der Waals surface area contributed by atoms with Crippen molar-refractivity contribution >= 4 is 17.4 Å². The molecule has 1 aromatic carbocycles. The molecule has 0 radical (unpaired) electrons. The highest BCUT2D eigenvalue weighted by molar-refractivity contribution is 6.04. The Hall–Kier alpha value is -1.64. The molecule has 1 aliphatic carbocycles. The van der Waals surface area contributed by atoms with Gasteiger partial charge in [0.25, 0.3) is 0 Å². The number of amides is 1. The number of para-hydroxylation sites is 1. The topological polar surface area (TPSA) is 46.2 Å². The number of benzene rings is 1. The maximum Gasteiger partial charge on any atom is 0.227 e. The van der Waals surface area contributed by atoms with E-state index in [1.54, 1.807) is 12.1 Å². The molecule has 108 valence electrons. The molecule has 1 N–H and O–H groups in total. The van der Waals surface area contributed by atoms with Crippen LogP contribution in [0, 0.1) is 5.92 Å². The number of hydrogen-bond donors (Lipinski definition) is 1. The zero-order chi connectivity index (χ0) is 14.4. The largest absolute Gasteiger partial charge is 0.325 e. The Labute approximate surface area is 120 Å². The number of hydrogen-bond acceptors (Lipinski definition) is 2. The van der Waals surface area contributed by atoms with E-state index in [1.807, 2.05) is 12.1 Å². The van der Waals surface area contributed by atoms with Crippen molar-refractivity contribution in [1.82, 2.24) is 0 Å². The van der Waals surface area contributed by atoms with E-state index < -0.39 is 0 Å². The van der Waals surface area contributed by atoms with Crippen LogP contribution in [0.25, 0.3) is 0 Å². The Balaban J connectivity index is 2.05. The molecular weight excluding hydrogens is 250 g/mol. The monoisotopic (exact) mass is 273 g/mol. The molecule has 0 saturated heterocycles. The van der Waals surface area contributed by atoms with Crippen molar-refractivity contribution in [1.29, 1.82) is 0 Å². The van der Waals surface area contributed by atoms with Gasteiger partial charge in [-0.3, -0.25) is 9.59 Å². The third-order valence-electron chi connectivity index (χ3n) is 4.04. The van der Waals surface area contributed by atoms with Crippen LogP contribution >= 0.6 is 0 Å². The van der Waals surface area contributed by atoms with Gasteiger partial charge in [-0.1, -0.05) is 44.2 Å². The number of Topliss-reactive ketones (excluding diaryl/α,β-unsaturated/α-hetero) is 1. The Bertz CT molecular complexity index is 474. The quantitative estimate of drug-likeness (QED) is 0.839. The standard InChI is InChI=1S/C17H23NO2/c1-13(19)15-11-7-8-12-16(15)18-17(20)14-9-5-3-2-4-6-10-14/h7-8,11-12,14H,2-6,9-10H2,1H3,(H,18,20). The second-order valence-corrected chi connectivity index (χ2v) is 5.63. The van der Waals surface area contributed by atoms with E-state index in [4.69, 9.17) is 0 Å². The maximum atomic E-state index is 12.4. The van der Waals surface area contributed by atoms with Crippen molar-refractivity contribution in [3.8, 4) is 0 Å². The SMILES string of the molecule is CC(=O)c1ccccc1NC(=O)C1CCCCCCC1. The molecule has 2 rings (SSSR count). The Kier molecular flexibility index (Phi) is 5.33. The highest BCUT2D eigenvalue weighted by Crippen LogP contribution is 2.24. The molecule has 0 spiro atoms. The number of ketones is 1. The molecule has 20 heavy (non-hydrogen) atoms. The molecule has 0 aliphatic heterocycles. The zero-order valence-electron chi connectivity index (χ0n) is 12.2. The third kappa shape index (κ3) is 3.92. The van der Waals surface area contributed by atoms with Crippen LogP contribution in [0.3, 0.4) is 0 Å². The number of nitrogens with one attached hydrogen (secondary N) is 1. The normalized spacial score (nSPS) is 17.1. The van der Waals surface area contributed by atoms with Gasteiger partial charge in [-0.2, -0.15) is 0 Å². The van der Waals surface area contributed by atoms with Gasteiger partial charge in [0.2, 0.25) is 5.91 Å². The lowest BCUT2D eigenvalue weighted by atomic mass is 9.90. The lowest BCUT2D eigenvalue weighted by molar-refractivity contribution is -0.120. The van der Waals surface area contributed by atoms with Gasteiger partial charge < -0.3 is 5.32 Å². The van der Waals surface area contributed by atoms with Crippen LogP contribution in [0.5, 0.6) is 0 Å². The maximum absolute atomic E-state index is 12.4. The van der Waals surface area contributed by atoms with Gasteiger partial charge in [0.1, 0.15) is 0 Å². The molecule has 1 amide bonds. The number of carbonyl (C=O) groups is 2. The molecule has 0 bridgehead atoms. The average Bonchev–Trinajstić information content (AvgIpc) is 2.38. The van der Waals surface area contributed by atoms with Gasteiger partial charge in [-0.15, -0.1) is 0 Å². The van der Waals surface area contributed by atoms with Crippen LogP contribution in [0.4, 0.5) is 5.69 Å². The van der Waals surface area contributed by atoms with Crippen LogP contribution in [0.1, 0.15) is 62.2 Å². The Morgan fingerprint density at radius 3 is 2.25 bits per heavy atom. The molecular formula is C17H23NO2. The second-order valence-electron chi connectivity index (χ2n) is 5.63. The first-order valence-corrected chi connectivity index (χ1v) is 7.59. The van der Waals surface area contributed by atoms with Crippen LogP contribution in [0.15, 0.2) is 24.3 Å².